The molecule has 2 rings (SSSR count). The van der Waals surface area contributed by atoms with Crippen molar-refractivity contribution < 1.29 is 8.42 Å². The number of halogens is 4. The fourth-order valence-electron chi connectivity index (χ4n) is 1.60. The zero-order chi connectivity index (χ0) is 15.8. The highest BCUT2D eigenvalue weighted by atomic mass is 79.9. The number of rotatable bonds is 3. The molecule has 4 nitrogen and oxygen atoms in total. The number of anilines is 2. The largest absolute Gasteiger partial charge is 0.399 e. The topological polar surface area (TPSA) is 72.2 Å². The maximum Gasteiger partial charge on any atom is 0.264 e. The van der Waals surface area contributed by atoms with Gasteiger partial charge >= 0.3 is 0 Å². The monoisotopic (exact) mass is 516 g/mol. The molecule has 0 bridgehead atoms. The van der Waals surface area contributed by atoms with Crippen molar-refractivity contribution in [2.45, 2.75) is 4.90 Å². The highest BCUT2D eigenvalue weighted by molar-refractivity contribution is 9.11. The summed E-state index contributed by atoms with van der Waals surface area (Å²) < 4.78 is 28.8. The molecular formula is C12H8Br3ClN2O2S. The number of benzene rings is 2. The number of nitrogens with two attached hydrogens (primary N) is 1. The fourth-order valence-corrected chi connectivity index (χ4v) is 5.77. The van der Waals surface area contributed by atoms with Gasteiger partial charge in [-0.2, -0.15) is 0 Å². The lowest BCUT2D eigenvalue weighted by atomic mass is 10.3. The normalized spacial score (nSPS) is 11.4. The van der Waals surface area contributed by atoms with Crippen molar-refractivity contribution >= 4 is 80.8 Å². The summed E-state index contributed by atoms with van der Waals surface area (Å²) in [6.45, 7) is 0. The molecule has 112 valence electrons. The van der Waals surface area contributed by atoms with Crippen molar-refractivity contribution in [3.8, 4) is 0 Å². The van der Waals surface area contributed by atoms with Gasteiger partial charge < -0.3 is 5.73 Å². The molecule has 0 unspecified atom stereocenters. The Kier molecular flexibility index (Phi) is 5.25. The van der Waals surface area contributed by atoms with Crippen LogP contribution in [0.1, 0.15) is 0 Å². The molecule has 0 heterocycles. The van der Waals surface area contributed by atoms with Crippen LogP contribution in [0.25, 0.3) is 0 Å². The van der Waals surface area contributed by atoms with Crippen molar-refractivity contribution in [3.05, 3.63) is 48.8 Å². The number of hydrogen-bond donors (Lipinski definition) is 2. The zero-order valence-corrected chi connectivity index (χ0v) is 16.5. The lowest BCUT2D eigenvalue weighted by Gasteiger charge is -2.12. The van der Waals surface area contributed by atoms with E-state index >= 15 is 0 Å². The molecule has 0 aliphatic carbocycles. The Morgan fingerprint density at radius 3 is 2.10 bits per heavy atom. The molecule has 0 spiro atoms. The second-order valence-electron chi connectivity index (χ2n) is 4.05. The van der Waals surface area contributed by atoms with Gasteiger partial charge in [-0.25, -0.2) is 8.42 Å². The summed E-state index contributed by atoms with van der Waals surface area (Å²) >= 11 is 15.6. The van der Waals surface area contributed by atoms with Crippen LogP contribution in [0.2, 0.25) is 5.02 Å². The number of nitrogen functional groups attached to an aromatic ring is 1. The van der Waals surface area contributed by atoms with Crippen molar-refractivity contribution in [3.63, 3.8) is 0 Å². The van der Waals surface area contributed by atoms with Crippen LogP contribution in [0.5, 0.6) is 0 Å². The second kappa shape index (κ2) is 6.45. The molecule has 2 aromatic carbocycles. The summed E-state index contributed by atoms with van der Waals surface area (Å²) in [5.41, 5.74) is 6.50. The fraction of sp³-hybridized carbons (Fsp3) is 0. The first kappa shape index (κ1) is 17.1. The maximum atomic E-state index is 12.5. The summed E-state index contributed by atoms with van der Waals surface area (Å²) in [6.07, 6.45) is 0. The van der Waals surface area contributed by atoms with Gasteiger partial charge in [-0.3, -0.25) is 4.72 Å². The lowest BCUT2D eigenvalue weighted by Crippen LogP contribution is -2.14. The standard InChI is InChI=1S/C12H8Br3ClN2O2S/c13-8-5-7(1-2-11(8)16)18-21(19,20)12-9(14)3-6(17)4-10(12)15/h1-5,18H,17H2. The first-order chi connectivity index (χ1) is 9.70. The molecule has 0 aromatic heterocycles. The molecule has 0 atom stereocenters. The molecule has 2 aromatic rings. The van der Waals surface area contributed by atoms with E-state index in [2.05, 4.69) is 52.5 Å². The third kappa shape index (κ3) is 3.92. The number of sulfonamides is 1. The molecular weight excluding hydrogens is 511 g/mol. The summed E-state index contributed by atoms with van der Waals surface area (Å²) in [4.78, 5) is 0.0720. The van der Waals surface area contributed by atoms with Gasteiger partial charge in [0.2, 0.25) is 0 Å². The Hall–Kier alpha value is -0.280. The van der Waals surface area contributed by atoms with Crippen molar-refractivity contribution in [1.82, 2.24) is 0 Å². The van der Waals surface area contributed by atoms with E-state index in [0.717, 1.165) is 0 Å². The van der Waals surface area contributed by atoms with Gasteiger partial charge in [0, 0.05) is 19.1 Å². The predicted octanol–water partition coefficient (Wildman–Crippen LogP) is 5.01. The minimum atomic E-state index is -3.78. The Labute approximate surface area is 152 Å². The lowest BCUT2D eigenvalue weighted by molar-refractivity contribution is 0.600. The summed E-state index contributed by atoms with van der Waals surface area (Å²) in [5.74, 6) is 0. The quantitative estimate of drug-likeness (QED) is 0.561. The second-order valence-corrected chi connectivity index (χ2v) is 8.64. The van der Waals surface area contributed by atoms with Crippen LogP contribution in [0, 0.1) is 0 Å². The van der Waals surface area contributed by atoms with Crippen molar-refractivity contribution in [1.29, 1.82) is 0 Å². The van der Waals surface area contributed by atoms with Gasteiger partial charge in [0.05, 0.1) is 10.7 Å². The average Bonchev–Trinajstić information content (AvgIpc) is 2.31. The number of hydrogen-bond acceptors (Lipinski definition) is 3. The first-order valence-corrected chi connectivity index (χ1v) is 9.67. The van der Waals surface area contributed by atoms with E-state index in [-0.39, 0.29) is 4.90 Å². The zero-order valence-electron chi connectivity index (χ0n) is 10.2. The van der Waals surface area contributed by atoms with E-state index < -0.39 is 10.0 Å². The van der Waals surface area contributed by atoms with Crippen LogP contribution in [0.3, 0.4) is 0 Å². The van der Waals surface area contributed by atoms with Crippen molar-refractivity contribution in [2.24, 2.45) is 0 Å². The summed E-state index contributed by atoms with van der Waals surface area (Å²) in [5, 5.41) is 0.493. The van der Waals surface area contributed by atoms with E-state index in [1.807, 2.05) is 0 Å². The van der Waals surface area contributed by atoms with Gasteiger partial charge in [-0.1, -0.05) is 11.6 Å². The molecule has 0 amide bonds. The first-order valence-electron chi connectivity index (χ1n) is 5.43. The van der Waals surface area contributed by atoms with E-state index in [0.29, 0.717) is 29.8 Å². The molecule has 0 radical (unpaired) electrons. The third-order valence-corrected chi connectivity index (χ3v) is 6.93. The molecule has 9 heteroatoms. The Balaban J connectivity index is 2.46. The van der Waals surface area contributed by atoms with Crippen LogP contribution >= 0.6 is 59.4 Å². The molecule has 0 fully saturated rings. The smallest absolute Gasteiger partial charge is 0.264 e. The Bertz CT molecular complexity index is 789. The third-order valence-electron chi connectivity index (χ3n) is 2.46. The van der Waals surface area contributed by atoms with E-state index in [9.17, 15) is 8.42 Å². The molecule has 21 heavy (non-hydrogen) atoms. The number of nitrogens with one attached hydrogen (secondary N) is 1. The molecule has 0 saturated heterocycles. The SMILES string of the molecule is Nc1cc(Br)c(S(=O)(=O)Nc2ccc(Cl)c(Br)c2)c(Br)c1. The minimum Gasteiger partial charge on any atom is -0.399 e. The van der Waals surface area contributed by atoms with Gasteiger partial charge in [-0.15, -0.1) is 0 Å². The van der Waals surface area contributed by atoms with E-state index in [4.69, 9.17) is 17.3 Å². The van der Waals surface area contributed by atoms with Gasteiger partial charge in [0.1, 0.15) is 4.90 Å². The Morgan fingerprint density at radius 1 is 1.00 bits per heavy atom. The molecule has 0 saturated carbocycles. The van der Waals surface area contributed by atoms with Crippen molar-refractivity contribution in [2.75, 3.05) is 10.5 Å². The van der Waals surface area contributed by atoms with E-state index in [1.165, 1.54) is 12.1 Å². The highest BCUT2D eigenvalue weighted by Crippen LogP contribution is 2.34. The van der Waals surface area contributed by atoms with Crippen LogP contribution in [0.4, 0.5) is 11.4 Å². The Morgan fingerprint density at radius 2 is 1.57 bits per heavy atom. The molecule has 0 aliphatic heterocycles. The summed E-state index contributed by atoms with van der Waals surface area (Å²) in [7, 11) is -3.78. The van der Waals surface area contributed by atoms with Crippen LogP contribution in [-0.2, 0) is 10.0 Å². The molecule has 3 N–H and O–H groups in total. The van der Waals surface area contributed by atoms with E-state index in [1.54, 1.807) is 18.2 Å². The van der Waals surface area contributed by atoms with Gasteiger partial charge in [-0.05, 0) is 78.1 Å². The highest BCUT2D eigenvalue weighted by Gasteiger charge is 2.22. The summed E-state index contributed by atoms with van der Waals surface area (Å²) in [6, 6.07) is 7.80. The predicted molar refractivity (Wildman–Crippen MR) is 96.2 cm³/mol. The van der Waals surface area contributed by atoms with Crippen LogP contribution < -0.4 is 10.5 Å². The average molecular weight is 519 g/mol. The maximum absolute atomic E-state index is 12.5. The van der Waals surface area contributed by atoms with Gasteiger partial charge in [0.25, 0.3) is 10.0 Å². The minimum absolute atomic E-state index is 0.0720. The molecule has 0 aliphatic rings. The van der Waals surface area contributed by atoms with Gasteiger partial charge in [0.15, 0.2) is 0 Å². The van der Waals surface area contributed by atoms with Crippen LogP contribution in [0.15, 0.2) is 48.6 Å². The van der Waals surface area contributed by atoms with Crippen LogP contribution in [-0.4, -0.2) is 8.42 Å².